The van der Waals surface area contributed by atoms with Crippen LogP contribution in [0, 0.1) is 0 Å². The number of hydrogen-bond donors (Lipinski definition) is 1. The van der Waals surface area contributed by atoms with Crippen LogP contribution in [0.1, 0.15) is 10.4 Å². The molecule has 0 bridgehead atoms. The van der Waals surface area contributed by atoms with Gasteiger partial charge in [-0.3, -0.25) is 4.79 Å². The van der Waals surface area contributed by atoms with Crippen LogP contribution in [-0.2, 0) is 0 Å². The predicted molar refractivity (Wildman–Crippen MR) is 112 cm³/mol. The van der Waals surface area contributed by atoms with Crippen molar-refractivity contribution in [2.24, 2.45) is 0 Å². The summed E-state index contributed by atoms with van der Waals surface area (Å²) in [5, 5.41) is 6.59. The third kappa shape index (κ3) is 4.08. The molecule has 5 heteroatoms. The average Bonchev–Trinajstić information content (AvgIpc) is 3.20. The molecule has 132 valence electrons. The fraction of sp³-hybridized carbons (Fsp3) is 0. The molecule has 3 aromatic carbocycles. The quantitative estimate of drug-likeness (QED) is 0.439. The van der Waals surface area contributed by atoms with Gasteiger partial charge in [-0.2, -0.15) is 0 Å². The number of benzene rings is 3. The van der Waals surface area contributed by atoms with Crippen molar-refractivity contribution < 1.29 is 4.79 Å². The Hall–Kier alpha value is -2.95. The summed E-state index contributed by atoms with van der Waals surface area (Å²) in [6.45, 7) is 0. The third-order valence-electron chi connectivity index (χ3n) is 4.05. The Kier molecular flexibility index (Phi) is 5.01. The van der Waals surface area contributed by atoms with Crippen molar-refractivity contribution in [1.82, 2.24) is 4.98 Å². The first-order chi connectivity index (χ1) is 13.2. The maximum Gasteiger partial charge on any atom is 0.255 e. The molecule has 0 aliphatic carbocycles. The summed E-state index contributed by atoms with van der Waals surface area (Å²) in [6, 6.07) is 24.5. The predicted octanol–water partition coefficient (Wildman–Crippen LogP) is 6.38. The number of nitrogens with zero attached hydrogens (tertiary/aromatic N) is 1. The monoisotopic (exact) mass is 390 g/mol. The first-order valence-electron chi connectivity index (χ1n) is 8.37. The number of nitrogens with one attached hydrogen (secondary N) is 1. The molecule has 0 spiro atoms. The Labute approximate surface area is 166 Å². The Morgan fingerprint density at radius 3 is 2.44 bits per heavy atom. The minimum Gasteiger partial charge on any atom is -0.322 e. The molecule has 1 amide bonds. The van der Waals surface area contributed by atoms with Gasteiger partial charge < -0.3 is 5.32 Å². The summed E-state index contributed by atoms with van der Waals surface area (Å²) in [7, 11) is 0. The molecule has 1 N–H and O–H groups in total. The molecule has 0 atom stereocenters. The van der Waals surface area contributed by atoms with Crippen molar-refractivity contribution in [3.63, 3.8) is 0 Å². The zero-order chi connectivity index (χ0) is 18.6. The Balaban J connectivity index is 1.56. The van der Waals surface area contributed by atoms with E-state index in [0.717, 1.165) is 27.5 Å². The summed E-state index contributed by atoms with van der Waals surface area (Å²) in [4.78, 5) is 17.1. The van der Waals surface area contributed by atoms with Crippen LogP contribution in [0.5, 0.6) is 0 Å². The van der Waals surface area contributed by atoms with E-state index in [4.69, 9.17) is 16.6 Å². The highest BCUT2D eigenvalue weighted by atomic mass is 35.5. The van der Waals surface area contributed by atoms with Crippen LogP contribution in [0.3, 0.4) is 0 Å². The second-order valence-electron chi connectivity index (χ2n) is 5.95. The van der Waals surface area contributed by atoms with Crippen molar-refractivity contribution in [2.75, 3.05) is 5.32 Å². The van der Waals surface area contributed by atoms with Crippen LogP contribution >= 0.6 is 22.9 Å². The van der Waals surface area contributed by atoms with Crippen LogP contribution in [-0.4, -0.2) is 10.9 Å². The third-order valence-corrected chi connectivity index (χ3v) is 5.19. The number of thiazole rings is 1. The smallest absolute Gasteiger partial charge is 0.255 e. The van der Waals surface area contributed by atoms with Gasteiger partial charge in [0.1, 0.15) is 5.01 Å². The van der Waals surface area contributed by atoms with Crippen LogP contribution in [0.4, 0.5) is 5.69 Å². The Morgan fingerprint density at radius 1 is 0.889 bits per heavy atom. The molecule has 4 aromatic rings. The van der Waals surface area contributed by atoms with Crippen molar-refractivity contribution in [3.8, 4) is 21.8 Å². The van der Waals surface area contributed by atoms with Crippen molar-refractivity contribution >= 4 is 34.5 Å². The molecule has 0 unspecified atom stereocenters. The molecule has 0 saturated heterocycles. The van der Waals surface area contributed by atoms with Gasteiger partial charge >= 0.3 is 0 Å². The number of carbonyl (C=O) groups is 1. The lowest BCUT2D eigenvalue weighted by Gasteiger charge is -2.06. The van der Waals surface area contributed by atoms with Gasteiger partial charge in [0, 0.05) is 32.8 Å². The van der Waals surface area contributed by atoms with E-state index in [0.29, 0.717) is 10.6 Å². The molecule has 3 nitrogen and oxygen atoms in total. The molecule has 0 saturated carbocycles. The molecule has 0 fully saturated rings. The second-order valence-corrected chi connectivity index (χ2v) is 7.24. The molecule has 4 rings (SSSR count). The highest BCUT2D eigenvalue weighted by Crippen LogP contribution is 2.30. The molecule has 0 radical (unpaired) electrons. The van der Waals surface area contributed by atoms with Gasteiger partial charge in [0.2, 0.25) is 0 Å². The van der Waals surface area contributed by atoms with Crippen molar-refractivity contribution in [1.29, 1.82) is 0 Å². The molecule has 0 aliphatic rings. The first kappa shape index (κ1) is 17.5. The van der Waals surface area contributed by atoms with Crippen LogP contribution < -0.4 is 5.32 Å². The van der Waals surface area contributed by atoms with Gasteiger partial charge in [0.25, 0.3) is 5.91 Å². The summed E-state index contributed by atoms with van der Waals surface area (Å²) in [5.41, 5.74) is 4.23. The summed E-state index contributed by atoms with van der Waals surface area (Å²) >= 11 is 7.53. The number of hydrogen-bond acceptors (Lipinski definition) is 3. The average molecular weight is 391 g/mol. The maximum atomic E-state index is 12.3. The zero-order valence-corrected chi connectivity index (χ0v) is 15.8. The summed E-state index contributed by atoms with van der Waals surface area (Å²) < 4.78 is 0. The summed E-state index contributed by atoms with van der Waals surface area (Å²) in [6.07, 6.45) is 0. The minimum absolute atomic E-state index is 0.132. The van der Waals surface area contributed by atoms with E-state index < -0.39 is 0 Å². The highest BCUT2D eigenvalue weighted by Gasteiger charge is 2.09. The van der Waals surface area contributed by atoms with E-state index in [1.807, 2.05) is 72.1 Å². The van der Waals surface area contributed by atoms with Crippen molar-refractivity contribution in [2.45, 2.75) is 0 Å². The Morgan fingerprint density at radius 2 is 1.67 bits per heavy atom. The van der Waals surface area contributed by atoms with Gasteiger partial charge in [-0.15, -0.1) is 11.3 Å². The fourth-order valence-electron chi connectivity index (χ4n) is 2.68. The van der Waals surface area contributed by atoms with E-state index in [1.54, 1.807) is 23.5 Å². The number of halogens is 1. The summed E-state index contributed by atoms with van der Waals surface area (Å²) in [5.74, 6) is -0.132. The largest absolute Gasteiger partial charge is 0.322 e. The maximum absolute atomic E-state index is 12.3. The topological polar surface area (TPSA) is 42.0 Å². The molecule has 27 heavy (non-hydrogen) atoms. The van der Waals surface area contributed by atoms with E-state index in [-0.39, 0.29) is 5.91 Å². The van der Waals surface area contributed by atoms with E-state index in [1.165, 1.54) is 0 Å². The molecular formula is C22H15ClN2OS. The lowest BCUT2D eigenvalue weighted by molar-refractivity contribution is 0.102. The SMILES string of the molecule is O=C(Nc1cccc(-c2csc(-c3ccc(Cl)cc3)n2)c1)c1ccccc1. The molecule has 0 aliphatic heterocycles. The highest BCUT2D eigenvalue weighted by molar-refractivity contribution is 7.13. The van der Waals surface area contributed by atoms with Crippen molar-refractivity contribution in [3.05, 3.63) is 94.8 Å². The van der Waals surface area contributed by atoms with Gasteiger partial charge in [0.05, 0.1) is 5.69 Å². The normalized spacial score (nSPS) is 10.6. The number of aromatic nitrogens is 1. The Bertz CT molecular complexity index is 1070. The lowest BCUT2D eigenvalue weighted by atomic mass is 10.1. The van der Waals surface area contributed by atoms with Gasteiger partial charge in [0.15, 0.2) is 0 Å². The molecule has 1 aromatic heterocycles. The fourth-order valence-corrected chi connectivity index (χ4v) is 3.64. The van der Waals surface area contributed by atoms with Crippen LogP contribution in [0.2, 0.25) is 5.02 Å². The minimum atomic E-state index is -0.132. The van der Waals surface area contributed by atoms with Gasteiger partial charge in [-0.1, -0.05) is 54.1 Å². The number of anilines is 1. The standard InChI is InChI=1S/C22H15ClN2OS/c23-18-11-9-16(10-12-18)22-25-20(14-27-22)17-7-4-8-19(13-17)24-21(26)15-5-2-1-3-6-15/h1-14H,(H,24,26). The number of rotatable bonds is 4. The van der Waals surface area contributed by atoms with Crippen LogP contribution in [0.25, 0.3) is 21.8 Å². The van der Waals surface area contributed by atoms with E-state index in [2.05, 4.69) is 5.32 Å². The van der Waals surface area contributed by atoms with Crippen LogP contribution in [0.15, 0.2) is 84.2 Å². The second kappa shape index (κ2) is 7.74. The van der Waals surface area contributed by atoms with Gasteiger partial charge in [-0.25, -0.2) is 4.98 Å². The molecular weight excluding hydrogens is 376 g/mol. The van der Waals surface area contributed by atoms with E-state index >= 15 is 0 Å². The zero-order valence-electron chi connectivity index (χ0n) is 14.2. The number of carbonyl (C=O) groups excluding carboxylic acids is 1. The lowest BCUT2D eigenvalue weighted by Crippen LogP contribution is -2.11. The first-order valence-corrected chi connectivity index (χ1v) is 9.63. The van der Waals surface area contributed by atoms with E-state index in [9.17, 15) is 4.79 Å². The number of amides is 1. The van der Waals surface area contributed by atoms with Gasteiger partial charge in [-0.05, 0) is 36.4 Å². The molecule has 1 heterocycles.